The highest BCUT2D eigenvalue weighted by molar-refractivity contribution is 6.12. The number of anilines is 1. The quantitative estimate of drug-likeness (QED) is 0.290. The van der Waals surface area contributed by atoms with Gasteiger partial charge in [-0.25, -0.2) is 0 Å². The highest BCUT2D eigenvalue weighted by Crippen LogP contribution is 2.45. The highest BCUT2D eigenvalue weighted by atomic mass is 16.5. The minimum absolute atomic E-state index is 0.0240. The van der Waals surface area contributed by atoms with E-state index in [2.05, 4.69) is 48.9 Å². The van der Waals surface area contributed by atoms with E-state index in [9.17, 15) is 4.79 Å². The summed E-state index contributed by atoms with van der Waals surface area (Å²) in [5.41, 5.74) is 7.28. The largest absolute Gasteiger partial charge is 0.489 e. The van der Waals surface area contributed by atoms with Gasteiger partial charge in [0.1, 0.15) is 12.4 Å². The fraction of sp³-hybridized carbons (Fsp3) is 0.129. The van der Waals surface area contributed by atoms with Crippen molar-refractivity contribution in [1.82, 2.24) is 4.57 Å². The van der Waals surface area contributed by atoms with E-state index in [4.69, 9.17) is 4.74 Å². The second kappa shape index (κ2) is 8.48. The molecular formula is C31H26N2O2. The van der Waals surface area contributed by atoms with Crippen molar-refractivity contribution in [3.63, 3.8) is 0 Å². The summed E-state index contributed by atoms with van der Waals surface area (Å²) in [5.74, 6) is 0.801. The standard InChI is InChI=1S/C31H26N2O2/c1-21-29(27-14-8-9-15-28(27)32(21)2)30-25-12-6-7-13-26(25)31(34)33(30)23-16-18-24(19-17-23)35-20-22-10-4-3-5-11-22/h3-19,30H,20H2,1-2H3. The van der Waals surface area contributed by atoms with Gasteiger partial charge in [-0.1, -0.05) is 66.7 Å². The SMILES string of the molecule is Cc1c(C2c3ccccc3C(=O)N2c2ccc(OCc3ccccc3)cc2)c2ccccc2n1C. The Labute approximate surface area is 205 Å². The molecule has 6 rings (SSSR count). The molecular weight excluding hydrogens is 432 g/mol. The number of carbonyl (C=O) groups is 1. The van der Waals surface area contributed by atoms with Gasteiger partial charge in [0.25, 0.3) is 5.91 Å². The van der Waals surface area contributed by atoms with Crippen molar-refractivity contribution in [2.75, 3.05) is 4.90 Å². The Bertz CT molecular complexity index is 1530. The molecule has 0 aliphatic carbocycles. The normalized spacial score (nSPS) is 15.0. The number of benzene rings is 4. The Morgan fingerprint density at radius 1 is 0.800 bits per heavy atom. The number of rotatable bonds is 5. The zero-order valence-corrected chi connectivity index (χ0v) is 19.8. The molecule has 172 valence electrons. The summed E-state index contributed by atoms with van der Waals surface area (Å²) in [6.07, 6.45) is 0. The second-order valence-corrected chi connectivity index (χ2v) is 9.01. The van der Waals surface area contributed by atoms with E-state index in [1.807, 2.05) is 77.7 Å². The molecule has 0 spiro atoms. The van der Waals surface area contributed by atoms with Gasteiger partial charge in [0.2, 0.25) is 0 Å². The first-order chi connectivity index (χ1) is 17.1. The monoisotopic (exact) mass is 458 g/mol. The van der Waals surface area contributed by atoms with Gasteiger partial charge < -0.3 is 9.30 Å². The Balaban J connectivity index is 1.41. The van der Waals surface area contributed by atoms with Gasteiger partial charge in [-0.05, 0) is 54.4 Å². The van der Waals surface area contributed by atoms with Crippen LogP contribution in [-0.4, -0.2) is 10.5 Å². The number of hydrogen-bond donors (Lipinski definition) is 0. The minimum Gasteiger partial charge on any atom is -0.489 e. The summed E-state index contributed by atoms with van der Waals surface area (Å²) >= 11 is 0. The van der Waals surface area contributed by atoms with Crippen LogP contribution in [0.2, 0.25) is 0 Å². The van der Waals surface area contributed by atoms with Gasteiger partial charge in [-0.3, -0.25) is 9.69 Å². The molecule has 2 heterocycles. The summed E-state index contributed by atoms with van der Waals surface area (Å²) in [6, 6.07) is 34.2. The number of aryl methyl sites for hydroxylation is 1. The fourth-order valence-electron chi connectivity index (χ4n) is 5.21. The molecule has 4 aromatic carbocycles. The van der Waals surface area contributed by atoms with Crippen LogP contribution in [0, 0.1) is 6.92 Å². The molecule has 4 nitrogen and oxygen atoms in total. The van der Waals surface area contributed by atoms with Crippen LogP contribution >= 0.6 is 0 Å². The van der Waals surface area contributed by atoms with E-state index in [-0.39, 0.29) is 11.9 Å². The molecule has 1 aliphatic heterocycles. The van der Waals surface area contributed by atoms with Gasteiger partial charge in [-0.2, -0.15) is 0 Å². The van der Waals surface area contributed by atoms with E-state index in [1.54, 1.807) is 0 Å². The second-order valence-electron chi connectivity index (χ2n) is 9.01. The third kappa shape index (κ3) is 3.50. The van der Waals surface area contributed by atoms with E-state index in [0.29, 0.717) is 6.61 Å². The predicted octanol–water partition coefficient (Wildman–Crippen LogP) is 6.82. The van der Waals surface area contributed by atoms with Gasteiger partial charge in [0, 0.05) is 40.5 Å². The van der Waals surface area contributed by atoms with Crippen molar-refractivity contribution in [2.24, 2.45) is 7.05 Å². The molecule has 1 amide bonds. The van der Waals surface area contributed by atoms with E-state index in [0.717, 1.165) is 33.8 Å². The fourth-order valence-corrected chi connectivity index (χ4v) is 5.21. The lowest BCUT2D eigenvalue weighted by atomic mass is 9.95. The smallest absolute Gasteiger partial charge is 0.259 e. The van der Waals surface area contributed by atoms with Crippen molar-refractivity contribution in [3.8, 4) is 5.75 Å². The summed E-state index contributed by atoms with van der Waals surface area (Å²) in [4.78, 5) is 15.6. The average Bonchev–Trinajstić information content (AvgIpc) is 3.34. The Morgan fingerprint density at radius 3 is 2.29 bits per heavy atom. The molecule has 4 heteroatoms. The van der Waals surface area contributed by atoms with E-state index < -0.39 is 0 Å². The maximum Gasteiger partial charge on any atom is 0.259 e. The van der Waals surface area contributed by atoms with Crippen LogP contribution < -0.4 is 9.64 Å². The third-order valence-electron chi connectivity index (χ3n) is 7.05. The number of fused-ring (bicyclic) bond motifs is 2. The van der Waals surface area contributed by atoms with Crippen molar-refractivity contribution in [1.29, 1.82) is 0 Å². The lowest BCUT2D eigenvalue weighted by Crippen LogP contribution is -2.28. The van der Waals surface area contributed by atoms with Crippen molar-refractivity contribution in [3.05, 3.63) is 131 Å². The van der Waals surface area contributed by atoms with E-state index in [1.165, 1.54) is 16.5 Å². The number of nitrogens with zero attached hydrogens (tertiary/aromatic N) is 2. The first kappa shape index (κ1) is 21.2. The average molecular weight is 459 g/mol. The van der Waals surface area contributed by atoms with Crippen molar-refractivity contribution >= 4 is 22.5 Å². The maximum absolute atomic E-state index is 13.7. The molecule has 5 aromatic rings. The number of para-hydroxylation sites is 1. The summed E-state index contributed by atoms with van der Waals surface area (Å²) in [5, 5.41) is 1.18. The molecule has 0 saturated heterocycles. The molecule has 1 aromatic heterocycles. The topological polar surface area (TPSA) is 34.5 Å². The molecule has 0 saturated carbocycles. The van der Waals surface area contributed by atoms with Gasteiger partial charge in [-0.15, -0.1) is 0 Å². The van der Waals surface area contributed by atoms with Gasteiger partial charge >= 0.3 is 0 Å². The molecule has 0 bridgehead atoms. The van der Waals surface area contributed by atoms with Crippen molar-refractivity contribution < 1.29 is 9.53 Å². The van der Waals surface area contributed by atoms with Crippen LogP contribution in [0.3, 0.4) is 0 Å². The molecule has 0 N–H and O–H groups in total. The van der Waals surface area contributed by atoms with E-state index >= 15 is 0 Å². The van der Waals surface area contributed by atoms with Gasteiger partial charge in [0.15, 0.2) is 0 Å². The van der Waals surface area contributed by atoms with Crippen LogP contribution in [0.25, 0.3) is 10.9 Å². The molecule has 0 fully saturated rings. The predicted molar refractivity (Wildman–Crippen MR) is 140 cm³/mol. The molecule has 1 atom stereocenters. The van der Waals surface area contributed by atoms with Crippen LogP contribution in [0.1, 0.15) is 38.8 Å². The van der Waals surface area contributed by atoms with Crippen molar-refractivity contribution in [2.45, 2.75) is 19.6 Å². The third-order valence-corrected chi connectivity index (χ3v) is 7.05. The first-order valence-electron chi connectivity index (χ1n) is 11.9. The Morgan fingerprint density at radius 2 is 1.49 bits per heavy atom. The number of hydrogen-bond acceptors (Lipinski definition) is 2. The zero-order valence-electron chi connectivity index (χ0n) is 19.8. The lowest BCUT2D eigenvalue weighted by molar-refractivity contribution is 0.0993. The van der Waals surface area contributed by atoms with Gasteiger partial charge in [0.05, 0.1) is 6.04 Å². The Kier molecular flexibility index (Phi) is 5.14. The zero-order chi connectivity index (χ0) is 23.9. The molecule has 0 radical (unpaired) electrons. The number of ether oxygens (including phenoxy) is 1. The summed E-state index contributed by atoms with van der Waals surface area (Å²) < 4.78 is 8.20. The van der Waals surface area contributed by atoms with Crippen LogP contribution in [0.15, 0.2) is 103 Å². The first-order valence-corrected chi connectivity index (χ1v) is 11.9. The minimum atomic E-state index is -0.194. The highest BCUT2D eigenvalue weighted by Gasteiger charge is 2.40. The van der Waals surface area contributed by atoms with Crippen LogP contribution in [0.5, 0.6) is 5.75 Å². The van der Waals surface area contributed by atoms with Crippen LogP contribution in [0.4, 0.5) is 5.69 Å². The molecule has 35 heavy (non-hydrogen) atoms. The summed E-state index contributed by atoms with van der Waals surface area (Å²) in [6.45, 7) is 2.64. The maximum atomic E-state index is 13.7. The lowest BCUT2D eigenvalue weighted by Gasteiger charge is -2.26. The summed E-state index contributed by atoms with van der Waals surface area (Å²) in [7, 11) is 2.09. The number of carbonyl (C=O) groups excluding carboxylic acids is 1. The molecule has 1 aliphatic rings. The molecule has 1 unspecified atom stereocenters. The number of amides is 1. The Hall–Kier alpha value is -4.31. The number of aromatic nitrogens is 1. The van der Waals surface area contributed by atoms with Crippen LogP contribution in [-0.2, 0) is 13.7 Å².